The number of rotatable bonds is 4. The number of carbonyl (C=O) groups is 1. The number of nitrogens with one attached hydrogen (secondary N) is 1. The zero-order chi connectivity index (χ0) is 17.2. The lowest BCUT2D eigenvalue weighted by Gasteiger charge is -2.22. The van der Waals surface area contributed by atoms with Crippen molar-refractivity contribution in [1.82, 2.24) is 14.9 Å². The van der Waals surface area contributed by atoms with Crippen LogP contribution in [0.3, 0.4) is 0 Å². The number of ether oxygens (including phenoxy) is 1. The molecule has 2 aromatic heterocycles. The summed E-state index contributed by atoms with van der Waals surface area (Å²) in [5.41, 5.74) is 0.518. The van der Waals surface area contributed by atoms with Crippen LogP contribution in [0, 0.1) is 0 Å². The summed E-state index contributed by atoms with van der Waals surface area (Å²) in [5, 5.41) is 0.543. The van der Waals surface area contributed by atoms with Crippen molar-refractivity contribution >= 4 is 23.3 Å². The molecule has 0 radical (unpaired) electrons. The van der Waals surface area contributed by atoms with Gasteiger partial charge in [0.1, 0.15) is 11.8 Å². The fraction of sp³-hybridized carbons (Fsp3) is 0.444. The molecule has 7 heteroatoms. The molecule has 2 fully saturated rings. The minimum atomic E-state index is -0.0380. The van der Waals surface area contributed by atoms with Gasteiger partial charge in [0, 0.05) is 38.4 Å². The Morgan fingerprint density at radius 2 is 2.16 bits per heavy atom. The van der Waals surface area contributed by atoms with Crippen molar-refractivity contribution in [2.24, 2.45) is 0 Å². The normalized spacial score (nSPS) is 20.3. The molecule has 1 amide bonds. The number of aromatic amines is 1. The topological polar surface area (TPSA) is 61.5 Å². The van der Waals surface area contributed by atoms with Crippen molar-refractivity contribution in [3.63, 3.8) is 0 Å². The van der Waals surface area contributed by atoms with Crippen LogP contribution in [0.2, 0.25) is 5.02 Å². The SMILES string of the molecule is O=C(c1cc(Cl)c[nH]1)N1CCC(Oc2cccnc2N2CCCC2)C1. The van der Waals surface area contributed by atoms with Crippen molar-refractivity contribution in [3.05, 3.63) is 41.3 Å². The van der Waals surface area contributed by atoms with E-state index < -0.39 is 0 Å². The van der Waals surface area contributed by atoms with Crippen molar-refractivity contribution < 1.29 is 9.53 Å². The second-order valence-corrected chi connectivity index (χ2v) is 6.97. The first kappa shape index (κ1) is 16.3. The van der Waals surface area contributed by atoms with Gasteiger partial charge in [-0.25, -0.2) is 4.98 Å². The molecule has 4 rings (SSSR count). The van der Waals surface area contributed by atoms with Crippen LogP contribution in [-0.2, 0) is 0 Å². The maximum atomic E-state index is 12.5. The molecule has 0 bridgehead atoms. The van der Waals surface area contributed by atoms with E-state index in [1.165, 1.54) is 12.8 Å². The summed E-state index contributed by atoms with van der Waals surface area (Å²) in [4.78, 5) is 24.0. The van der Waals surface area contributed by atoms with Crippen LogP contribution < -0.4 is 9.64 Å². The Morgan fingerprint density at radius 1 is 1.32 bits per heavy atom. The largest absolute Gasteiger partial charge is 0.485 e. The number of halogens is 1. The van der Waals surface area contributed by atoms with Gasteiger partial charge in [0.25, 0.3) is 5.91 Å². The fourth-order valence-corrected chi connectivity index (χ4v) is 3.65. The molecule has 4 heterocycles. The van der Waals surface area contributed by atoms with Gasteiger partial charge in [-0.3, -0.25) is 4.79 Å². The molecule has 132 valence electrons. The van der Waals surface area contributed by atoms with E-state index in [2.05, 4.69) is 14.9 Å². The first-order chi connectivity index (χ1) is 12.2. The van der Waals surface area contributed by atoms with Crippen molar-refractivity contribution in [3.8, 4) is 5.75 Å². The summed E-state index contributed by atoms with van der Waals surface area (Å²) in [6.07, 6.45) is 6.62. The monoisotopic (exact) mass is 360 g/mol. The smallest absolute Gasteiger partial charge is 0.270 e. The number of pyridine rings is 1. The van der Waals surface area contributed by atoms with Crippen LogP contribution in [0.4, 0.5) is 5.82 Å². The Bertz CT molecular complexity index is 757. The molecule has 2 aliphatic heterocycles. The molecule has 0 spiro atoms. The third-order valence-corrected chi connectivity index (χ3v) is 4.98. The predicted molar refractivity (Wildman–Crippen MR) is 96.4 cm³/mol. The number of hydrogen-bond acceptors (Lipinski definition) is 4. The molecule has 1 unspecified atom stereocenters. The third kappa shape index (κ3) is 3.44. The number of hydrogen-bond donors (Lipinski definition) is 1. The van der Waals surface area contributed by atoms with E-state index >= 15 is 0 Å². The predicted octanol–water partition coefficient (Wildman–Crippen LogP) is 2.96. The number of aromatic nitrogens is 2. The molecule has 25 heavy (non-hydrogen) atoms. The van der Waals surface area contributed by atoms with Gasteiger partial charge in [0.05, 0.1) is 11.6 Å². The third-order valence-electron chi connectivity index (χ3n) is 4.76. The van der Waals surface area contributed by atoms with E-state index in [1.807, 2.05) is 12.1 Å². The first-order valence-electron chi connectivity index (χ1n) is 8.70. The van der Waals surface area contributed by atoms with Gasteiger partial charge < -0.3 is 19.5 Å². The van der Waals surface area contributed by atoms with E-state index in [0.717, 1.165) is 31.1 Å². The Kier molecular flexibility index (Phi) is 4.53. The lowest BCUT2D eigenvalue weighted by atomic mass is 10.3. The van der Waals surface area contributed by atoms with Gasteiger partial charge in [-0.05, 0) is 31.0 Å². The molecule has 0 aliphatic carbocycles. The van der Waals surface area contributed by atoms with E-state index in [9.17, 15) is 4.79 Å². The van der Waals surface area contributed by atoms with Gasteiger partial charge in [-0.1, -0.05) is 11.6 Å². The second kappa shape index (κ2) is 6.96. The minimum absolute atomic E-state index is 0.0139. The van der Waals surface area contributed by atoms with E-state index in [4.69, 9.17) is 16.3 Å². The standard InChI is InChI=1S/C18H21ClN4O2/c19-13-10-15(21-11-13)18(24)23-9-5-14(12-23)25-16-4-3-6-20-17(16)22-7-1-2-8-22/h3-4,6,10-11,14,21H,1-2,5,7-9,12H2. The zero-order valence-electron chi connectivity index (χ0n) is 13.9. The molecule has 0 aromatic carbocycles. The Hall–Kier alpha value is -2.21. The van der Waals surface area contributed by atoms with Crippen LogP contribution >= 0.6 is 11.6 Å². The molecular weight excluding hydrogens is 340 g/mol. The Balaban J connectivity index is 1.42. The van der Waals surface area contributed by atoms with Gasteiger partial charge in [0.15, 0.2) is 11.6 Å². The van der Waals surface area contributed by atoms with E-state index in [0.29, 0.717) is 23.8 Å². The summed E-state index contributed by atoms with van der Waals surface area (Å²) >= 11 is 5.89. The average Bonchev–Trinajstić information content (AvgIpc) is 3.36. The molecule has 2 aromatic rings. The highest BCUT2D eigenvalue weighted by molar-refractivity contribution is 6.30. The quantitative estimate of drug-likeness (QED) is 0.910. The summed E-state index contributed by atoms with van der Waals surface area (Å²) in [7, 11) is 0. The number of nitrogens with zero attached hydrogens (tertiary/aromatic N) is 3. The van der Waals surface area contributed by atoms with Crippen LogP contribution in [0.5, 0.6) is 5.75 Å². The number of anilines is 1. The van der Waals surface area contributed by atoms with Crippen LogP contribution in [-0.4, -0.2) is 53.1 Å². The molecule has 0 saturated carbocycles. The highest BCUT2D eigenvalue weighted by Crippen LogP contribution is 2.30. The van der Waals surface area contributed by atoms with E-state index in [1.54, 1.807) is 23.4 Å². The summed E-state index contributed by atoms with van der Waals surface area (Å²) in [5.74, 6) is 1.69. The number of carbonyl (C=O) groups excluding carboxylic acids is 1. The summed E-state index contributed by atoms with van der Waals surface area (Å²) < 4.78 is 6.21. The van der Waals surface area contributed by atoms with Gasteiger partial charge >= 0.3 is 0 Å². The lowest BCUT2D eigenvalue weighted by Crippen LogP contribution is -2.31. The minimum Gasteiger partial charge on any atom is -0.485 e. The lowest BCUT2D eigenvalue weighted by molar-refractivity contribution is 0.0767. The molecule has 6 nitrogen and oxygen atoms in total. The van der Waals surface area contributed by atoms with E-state index in [-0.39, 0.29) is 12.0 Å². The van der Waals surface area contributed by atoms with Crippen LogP contribution in [0.25, 0.3) is 0 Å². The summed E-state index contributed by atoms with van der Waals surface area (Å²) in [6.45, 7) is 3.30. The second-order valence-electron chi connectivity index (χ2n) is 6.53. The van der Waals surface area contributed by atoms with Gasteiger partial charge in [0.2, 0.25) is 0 Å². The van der Waals surface area contributed by atoms with Crippen LogP contribution in [0.1, 0.15) is 29.8 Å². The molecule has 2 saturated heterocycles. The maximum Gasteiger partial charge on any atom is 0.270 e. The Morgan fingerprint density at radius 3 is 2.92 bits per heavy atom. The van der Waals surface area contributed by atoms with Crippen molar-refractivity contribution in [1.29, 1.82) is 0 Å². The summed E-state index contributed by atoms with van der Waals surface area (Å²) in [6, 6.07) is 5.52. The fourth-order valence-electron chi connectivity index (χ4n) is 3.49. The van der Waals surface area contributed by atoms with Gasteiger partial charge in [-0.15, -0.1) is 0 Å². The molecule has 1 N–H and O–H groups in total. The maximum absolute atomic E-state index is 12.5. The Labute approximate surface area is 151 Å². The molecular formula is C18H21ClN4O2. The van der Waals surface area contributed by atoms with Crippen molar-refractivity contribution in [2.45, 2.75) is 25.4 Å². The van der Waals surface area contributed by atoms with Crippen LogP contribution in [0.15, 0.2) is 30.6 Å². The highest BCUT2D eigenvalue weighted by atomic mass is 35.5. The van der Waals surface area contributed by atoms with Crippen molar-refractivity contribution in [2.75, 3.05) is 31.1 Å². The first-order valence-corrected chi connectivity index (χ1v) is 9.08. The van der Waals surface area contributed by atoms with Gasteiger partial charge in [-0.2, -0.15) is 0 Å². The zero-order valence-corrected chi connectivity index (χ0v) is 14.7. The molecule has 2 aliphatic rings. The molecule has 1 atom stereocenters. The number of H-pyrrole nitrogens is 1. The number of amides is 1. The number of likely N-dealkylation sites (tertiary alicyclic amines) is 1. The highest BCUT2D eigenvalue weighted by Gasteiger charge is 2.30. The average molecular weight is 361 g/mol.